The number of carbonyl (C=O) groups is 6. The monoisotopic (exact) mass is 1410 g/mol. The Kier molecular flexibility index (Phi) is 29.2. The number of hydrogen-bond donors (Lipinski definition) is 2. The minimum atomic E-state index is -5.86. The van der Waals surface area contributed by atoms with Crippen molar-refractivity contribution >= 4 is 73.3 Å². The van der Waals surface area contributed by atoms with Crippen LogP contribution in [-0.2, 0) is 73.5 Å². The summed E-state index contributed by atoms with van der Waals surface area (Å²) in [6.07, 6.45) is 1.68. The number of esters is 6. The SMILES string of the molecule is CCC(C)(C)C(=O)OC(C)C(F)(F)S(=O)(=O)[O-].CCC(C)(C)C(=O)OC1C2CC3C(=O)OC1C3O2.CCC(C)(C)C(=O)Oc1ccc(NCCCCC(=O)OC(C)(C)C)cc1.CCC(C)(C)C(=O)Oc1cccc2c(O)cccc12.c1ccc([S+](c2ccccc2)c2ccccc2)cc1. The predicted octanol–water partition coefficient (Wildman–Crippen LogP) is 16.2. The van der Waals surface area contributed by atoms with E-state index in [1.807, 2.05) is 101 Å². The molecule has 3 aliphatic heterocycles. The van der Waals surface area contributed by atoms with Gasteiger partial charge in [0.05, 0.1) is 44.6 Å². The summed E-state index contributed by atoms with van der Waals surface area (Å²) in [5.74, 6) is -0.985. The number of nitrogens with one attached hydrogen (secondary N) is 1. The molecule has 0 radical (unpaired) electrons. The first-order valence-electron chi connectivity index (χ1n) is 33.5. The van der Waals surface area contributed by atoms with Crippen molar-refractivity contribution in [1.82, 2.24) is 0 Å². The molecule has 99 heavy (non-hydrogen) atoms. The predicted molar refractivity (Wildman–Crippen MR) is 376 cm³/mol. The van der Waals surface area contributed by atoms with Crippen LogP contribution in [0.2, 0.25) is 0 Å². The second kappa shape index (κ2) is 35.4. The number of halogens is 2. The zero-order valence-corrected chi connectivity index (χ0v) is 61.4. The first-order valence-corrected chi connectivity index (χ1v) is 36.1. The van der Waals surface area contributed by atoms with Crippen LogP contribution in [0.5, 0.6) is 17.2 Å². The quantitative estimate of drug-likeness (QED) is 0.0151. The molecule has 2 N–H and O–H groups in total. The van der Waals surface area contributed by atoms with Crippen molar-refractivity contribution in [2.45, 2.75) is 218 Å². The Morgan fingerprint density at radius 3 is 1.56 bits per heavy atom. The lowest BCUT2D eigenvalue weighted by Gasteiger charge is -2.29. The highest BCUT2D eigenvalue weighted by atomic mass is 32.2. The van der Waals surface area contributed by atoms with Gasteiger partial charge in [-0.3, -0.25) is 28.8 Å². The maximum Gasteiger partial charge on any atom is 0.369 e. The lowest BCUT2D eigenvalue weighted by atomic mass is 9.87. The van der Waals surface area contributed by atoms with Crippen LogP contribution in [0.1, 0.15) is 162 Å². The van der Waals surface area contributed by atoms with Crippen LogP contribution in [-0.4, -0.2) is 102 Å². The Morgan fingerprint density at radius 2 is 1.07 bits per heavy atom. The lowest BCUT2D eigenvalue weighted by Crippen LogP contribution is -2.44. The molecule has 22 heteroatoms. The molecule has 0 spiro atoms. The van der Waals surface area contributed by atoms with E-state index in [2.05, 4.69) is 101 Å². The standard InChI is InChI=1S/C21H33NO4.C18H15S.C16H18O3.C13H18O5.C9H16F2O5S/c1-7-21(5,6)19(24)25-17-13-11-16(12-14-17)22-15-9-8-10-18(23)26-20(2,3)4;1-4-10-16(11-5-1)19(17-12-6-2-7-13-17)18-14-8-3-9-15-18;1-4-16(2,3)15(18)19-14-10-6-7-11-12(14)8-5-9-13(11)17;1-4-13(2,3)12(15)18-9-7-5-6-8(16-7)10(9)17-11(6)14;1-5-8(3,4)7(12)16-6(2)9(10,11)17(13,14)15/h11-14,22H,7-10,15H2,1-6H3;1-15H;5-10,17H,4H2,1-3H3;6-10H,4-5H2,1-3H3;6H,5H2,1-4H3,(H,13,14,15)/q;+1;;;/p-1. The molecule has 6 unspecified atom stereocenters. The number of ether oxygens (including phenoxy) is 7. The van der Waals surface area contributed by atoms with Crippen molar-refractivity contribution in [3.63, 3.8) is 0 Å². The van der Waals surface area contributed by atoms with Gasteiger partial charge >= 0.3 is 41.1 Å². The fraction of sp³-hybridized carbons (Fsp3) is 0.481. The number of alkyl halides is 2. The van der Waals surface area contributed by atoms with E-state index >= 15 is 0 Å². The number of phenols is 1. The van der Waals surface area contributed by atoms with E-state index in [0.29, 0.717) is 55.9 Å². The molecule has 0 amide bonds. The summed E-state index contributed by atoms with van der Waals surface area (Å²) in [5.41, 5.74) is -1.99. The summed E-state index contributed by atoms with van der Waals surface area (Å²) in [4.78, 5) is 74.9. The average Bonchev–Trinajstić information content (AvgIpc) is 1.57. The van der Waals surface area contributed by atoms with E-state index in [0.717, 1.165) is 36.9 Å². The van der Waals surface area contributed by atoms with Gasteiger partial charge in [-0.15, -0.1) is 0 Å². The second-order valence-corrected chi connectivity index (χ2v) is 31.4. The maximum atomic E-state index is 13.0. The van der Waals surface area contributed by atoms with E-state index in [-0.39, 0.29) is 64.6 Å². The van der Waals surface area contributed by atoms with E-state index in [4.69, 9.17) is 28.4 Å². The fourth-order valence-electron chi connectivity index (χ4n) is 9.41. The highest BCUT2D eigenvalue weighted by Crippen LogP contribution is 2.48. The van der Waals surface area contributed by atoms with Crippen molar-refractivity contribution in [1.29, 1.82) is 0 Å². The number of fused-ring (bicyclic) bond motifs is 2. The van der Waals surface area contributed by atoms with Crippen LogP contribution < -0.4 is 14.8 Å². The van der Waals surface area contributed by atoms with Gasteiger partial charge in [-0.25, -0.2) is 8.42 Å². The first-order chi connectivity index (χ1) is 46.2. The summed E-state index contributed by atoms with van der Waals surface area (Å²) < 4.78 is 93.9. The molecule has 6 aromatic rings. The van der Waals surface area contributed by atoms with E-state index < -0.39 is 66.9 Å². The van der Waals surface area contributed by atoms with Crippen LogP contribution in [0.25, 0.3) is 10.8 Å². The third-order valence-corrected chi connectivity index (χ3v) is 20.7. The normalized spacial score (nSPS) is 17.5. The molecule has 0 aromatic heterocycles. The number of rotatable bonds is 23. The van der Waals surface area contributed by atoms with Crippen molar-refractivity contribution in [3.8, 4) is 17.2 Å². The number of unbranched alkanes of at least 4 members (excludes halogenated alkanes) is 1. The number of benzene rings is 6. The van der Waals surface area contributed by atoms with Gasteiger partial charge in [0, 0.05) is 29.4 Å². The molecule has 2 bridgehead atoms. The molecule has 0 aliphatic carbocycles. The summed E-state index contributed by atoms with van der Waals surface area (Å²) in [6, 6.07) is 50.0. The number of aromatic hydroxyl groups is 1. The Hall–Kier alpha value is -7.92. The van der Waals surface area contributed by atoms with Gasteiger partial charge in [0.15, 0.2) is 43.1 Å². The Labute approximate surface area is 585 Å². The largest absolute Gasteiger partial charge is 0.743 e. The smallest absolute Gasteiger partial charge is 0.369 e. The van der Waals surface area contributed by atoms with Crippen LogP contribution in [0.15, 0.2) is 166 Å². The highest BCUT2D eigenvalue weighted by molar-refractivity contribution is 7.97. The summed E-state index contributed by atoms with van der Waals surface area (Å²) >= 11 is 0. The van der Waals surface area contributed by atoms with Crippen LogP contribution >= 0.6 is 0 Å². The molecule has 6 atom stereocenters. The number of carbonyl (C=O) groups excluding carboxylic acids is 6. The van der Waals surface area contributed by atoms with Crippen LogP contribution in [0.4, 0.5) is 14.5 Å². The molecule has 3 saturated heterocycles. The molecule has 540 valence electrons. The van der Waals surface area contributed by atoms with Gasteiger partial charge in [-0.2, -0.15) is 8.78 Å². The fourth-order valence-corrected chi connectivity index (χ4v) is 12.0. The minimum absolute atomic E-state index is 0.0146. The molecule has 3 heterocycles. The van der Waals surface area contributed by atoms with Crippen LogP contribution in [0.3, 0.4) is 0 Å². The molecular formula is C77H99F2NO17S2. The number of hydrogen-bond acceptors (Lipinski definition) is 18. The molecule has 6 aromatic carbocycles. The summed E-state index contributed by atoms with van der Waals surface area (Å²) in [5, 5.41) is 9.88. The molecule has 0 saturated carbocycles. The molecular weight excluding hydrogens is 1310 g/mol. The van der Waals surface area contributed by atoms with E-state index in [1.54, 1.807) is 49.4 Å². The zero-order chi connectivity index (χ0) is 73.9. The van der Waals surface area contributed by atoms with Gasteiger partial charge in [0.1, 0.15) is 29.0 Å². The van der Waals surface area contributed by atoms with Crippen molar-refractivity contribution in [2.75, 3.05) is 11.9 Å². The molecule has 18 nitrogen and oxygen atoms in total. The first kappa shape index (κ1) is 81.8. The average molecular weight is 1410 g/mol. The van der Waals surface area contributed by atoms with Gasteiger partial charge in [-0.1, -0.05) is 107 Å². The molecule has 3 fully saturated rings. The Morgan fingerprint density at radius 1 is 0.606 bits per heavy atom. The van der Waals surface area contributed by atoms with Crippen molar-refractivity contribution in [2.24, 2.45) is 27.6 Å². The second-order valence-electron chi connectivity index (χ2n) is 27.9. The number of anilines is 1. The molecule has 3 aliphatic rings. The third-order valence-electron chi connectivity index (χ3n) is 17.5. The van der Waals surface area contributed by atoms with Gasteiger partial charge in [-0.05, 0) is 201 Å². The topological polar surface area (TPSA) is 256 Å². The maximum absolute atomic E-state index is 13.0. The van der Waals surface area contributed by atoms with E-state index in [1.165, 1.54) is 28.5 Å². The summed E-state index contributed by atoms with van der Waals surface area (Å²) in [7, 11) is -5.87. The number of phenolic OH excluding ortho intramolecular Hbond substituents is 1. The van der Waals surface area contributed by atoms with Gasteiger partial charge in [0.25, 0.3) is 0 Å². The highest BCUT2D eigenvalue weighted by Gasteiger charge is 2.65. The summed E-state index contributed by atoms with van der Waals surface area (Å²) in [6.45, 7) is 28.7. The van der Waals surface area contributed by atoms with E-state index in [9.17, 15) is 55.6 Å². The minimum Gasteiger partial charge on any atom is -0.743 e. The Balaban J connectivity index is 0.000000225. The van der Waals surface area contributed by atoms with Crippen LogP contribution in [0, 0.1) is 27.6 Å². The van der Waals surface area contributed by atoms with Gasteiger partial charge in [0.2, 0.25) is 0 Å². The Bertz CT molecular complexity index is 3660. The third kappa shape index (κ3) is 23.1. The van der Waals surface area contributed by atoms with Crippen molar-refractivity contribution < 1.29 is 88.8 Å². The van der Waals surface area contributed by atoms with Gasteiger partial charge < -0.3 is 48.1 Å². The zero-order valence-electron chi connectivity index (χ0n) is 59.8. The van der Waals surface area contributed by atoms with Crippen molar-refractivity contribution in [3.05, 3.63) is 152 Å². The lowest BCUT2D eigenvalue weighted by molar-refractivity contribution is -0.170. The molecule has 9 rings (SSSR count).